The molecule has 0 unspecified atom stereocenters. The number of hydrogen-bond donors (Lipinski definition) is 1. The van der Waals surface area contributed by atoms with E-state index in [0.717, 1.165) is 28.0 Å². The minimum atomic E-state index is -2.43. The summed E-state index contributed by atoms with van der Waals surface area (Å²) in [6.45, 7) is 0.526. The van der Waals surface area contributed by atoms with Gasteiger partial charge in [-0.2, -0.15) is 0 Å². The number of anilines is 1. The first-order valence-electron chi connectivity index (χ1n) is 7.21. The summed E-state index contributed by atoms with van der Waals surface area (Å²) in [5.41, 5.74) is 1.82. The first-order valence-corrected chi connectivity index (χ1v) is 7.21. The summed E-state index contributed by atoms with van der Waals surface area (Å²) in [6.07, 6.45) is -2.43. The Morgan fingerprint density at radius 2 is 1.83 bits per heavy atom. The maximum Gasteiger partial charge on any atom is 0.263 e. The lowest BCUT2D eigenvalue weighted by molar-refractivity contribution is 0.151. The molecular weight excluding hydrogens is 298 g/mol. The number of alkyl halides is 2. The number of halogens is 2. The van der Waals surface area contributed by atoms with Crippen LogP contribution in [0.15, 0.2) is 54.6 Å². The Bertz CT molecular complexity index is 804. The molecule has 0 saturated heterocycles. The lowest BCUT2D eigenvalue weighted by atomic mass is 10.1. The van der Waals surface area contributed by atoms with E-state index in [9.17, 15) is 8.78 Å². The number of nitrogens with one attached hydrogen (secondary N) is 1. The molecule has 1 aromatic heterocycles. The van der Waals surface area contributed by atoms with Gasteiger partial charge in [0.25, 0.3) is 6.43 Å². The largest absolute Gasteiger partial charge is 0.497 e. The highest BCUT2D eigenvalue weighted by atomic mass is 19.3. The Kier molecular flexibility index (Phi) is 4.37. The highest BCUT2D eigenvalue weighted by Gasteiger charge is 2.06. The molecule has 5 heteroatoms. The van der Waals surface area contributed by atoms with Crippen LogP contribution in [0.5, 0.6) is 5.75 Å². The van der Waals surface area contributed by atoms with Gasteiger partial charge in [-0.1, -0.05) is 24.3 Å². The molecule has 3 aromatic rings. The van der Waals surface area contributed by atoms with Crippen LogP contribution in [-0.4, -0.2) is 12.1 Å². The summed E-state index contributed by atoms with van der Waals surface area (Å²) in [6, 6.07) is 15.8. The molecule has 0 fully saturated rings. The Hall–Kier alpha value is -2.69. The molecule has 0 aliphatic carbocycles. The van der Waals surface area contributed by atoms with Crippen LogP contribution >= 0.6 is 0 Å². The van der Waals surface area contributed by atoms with Crippen LogP contribution in [-0.2, 0) is 6.54 Å². The van der Waals surface area contributed by atoms with Crippen LogP contribution < -0.4 is 10.1 Å². The topological polar surface area (TPSA) is 34.1 Å². The van der Waals surface area contributed by atoms with Gasteiger partial charge < -0.3 is 10.1 Å². The number of fused-ring (bicyclic) bond motifs is 1. The molecule has 0 spiro atoms. The first kappa shape index (κ1) is 15.2. The number of hydrogen-bond acceptors (Lipinski definition) is 3. The number of ether oxygens (including phenoxy) is 1. The molecule has 1 N–H and O–H groups in total. The highest BCUT2D eigenvalue weighted by molar-refractivity contribution is 5.81. The highest BCUT2D eigenvalue weighted by Crippen LogP contribution is 2.22. The van der Waals surface area contributed by atoms with Crippen LogP contribution in [0, 0.1) is 0 Å². The number of pyridine rings is 1. The van der Waals surface area contributed by atoms with Crippen molar-refractivity contribution >= 4 is 16.7 Å². The fourth-order valence-corrected chi connectivity index (χ4v) is 2.30. The molecular formula is C18H16F2N2O. The summed E-state index contributed by atoms with van der Waals surface area (Å²) in [5, 5.41) is 4.20. The molecule has 2 aromatic carbocycles. The SMILES string of the molecule is COc1ccc2nc(NCc3ccc(C(F)F)cc3)ccc2c1. The molecule has 3 rings (SSSR count). The van der Waals surface area contributed by atoms with Crippen molar-refractivity contribution in [3.05, 3.63) is 65.7 Å². The summed E-state index contributed by atoms with van der Waals surface area (Å²) in [5.74, 6) is 1.53. The fraction of sp³-hybridized carbons (Fsp3) is 0.167. The second-order valence-electron chi connectivity index (χ2n) is 5.15. The normalized spacial score (nSPS) is 11.0. The third kappa shape index (κ3) is 3.56. The van der Waals surface area contributed by atoms with E-state index in [1.54, 1.807) is 19.2 Å². The average Bonchev–Trinajstić information content (AvgIpc) is 2.59. The lowest BCUT2D eigenvalue weighted by Crippen LogP contribution is -2.01. The zero-order valence-corrected chi connectivity index (χ0v) is 12.6. The molecule has 0 bridgehead atoms. The van der Waals surface area contributed by atoms with Crippen LogP contribution in [0.3, 0.4) is 0 Å². The maximum atomic E-state index is 12.5. The zero-order chi connectivity index (χ0) is 16.2. The number of nitrogens with zero attached hydrogens (tertiary/aromatic N) is 1. The molecule has 0 radical (unpaired) electrons. The maximum absolute atomic E-state index is 12.5. The third-order valence-corrected chi connectivity index (χ3v) is 3.60. The standard InChI is InChI=1S/C18H16F2N2O/c1-23-15-7-8-16-14(10-15)6-9-17(22-16)21-11-12-2-4-13(5-3-12)18(19)20/h2-10,18H,11H2,1H3,(H,21,22). The van der Waals surface area contributed by atoms with Crippen LogP contribution in [0.2, 0.25) is 0 Å². The van der Waals surface area contributed by atoms with Crippen molar-refractivity contribution in [2.24, 2.45) is 0 Å². The molecule has 23 heavy (non-hydrogen) atoms. The van der Waals surface area contributed by atoms with E-state index in [4.69, 9.17) is 4.74 Å². The van der Waals surface area contributed by atoms with Gasteiger partial charge in [0.05, 0.1) is 12.6 Å². The van der Waals surface area contributed by atoms with E-state index >= 15 is 0 Å². The Morgan fingerprint density at radius 1 is 1.04 bits per heavy atom. The predicted octanol–water partition coefficient (Wildman–Crippen LogP) is 4.79. The predicted molar refractivity (Wildman–Crippen MR) is 87.0 cm³/mol. The summed E-state index contributed by atoms with van der Waals surface area (Å²) >= 11 is 0. The van der Waals surface area contributed by atoms with E-state index in [-0.39, 0.29) is 5.56 Å². The molecule has 1 heterocycles. The lowest BCUT2D eigenvalue weighted by Gasteiger charge is -2.08. The summed E-state index contributed by atoms with van der Waals surface area (Å²) < 4.78 is 30.2. The molecule has 0 atom stereocenters. The van der Waals surface area contributed by atoms with Crippen molar-refractivity contribution in [1.29, 1.82) is 0 Å². The Labute approximate surface area is 132 Å². The molecule has 0 aliphatic rings. The molecule has 118 valence electrons. The van der Waals surface area contributed by atoms with Crippen LogP contribution in [0.4, 0.5) is 14.6 Å². The van der Waals surface area contributed by atoms with Gasteiger partial charge in [0.1, 0.15) is 11.6 Å². The minimum absolute atomic E-state index is 0.0338. The number of benzene rings is 2. The minimum Gasteiger partial charge on any atom is -0.497 e. The van der Waals surface area contributed by atoms with E-state index < -0.39 is 6.43 Å². The zero-order valence-electron chi connectivity index (χ0n) is 12.6. The molecule has 0 saturated carbocycles. The van der Waals surface area contributed by atoms with Gasteiger partial charge in [0.2, 0.25) is 0 Å². The van der Waals surface area contributed by atoms with Crippen molar-refractivity contribution in [3.63, 3.8) is 0 Å². The number of aromatic nitrogens is 1. The molecule has 0 aliphatic heterocycles. The van der Waals surface area contributed by atoms with Crippen molar-refractivity contribution < 1.29 is 13.5 Å². The summed E-state index contributed by atoms with van der Waals surface area (Å²) in [7, 11) is 1.63. The van der Waals surface area contributed by atoms with Gasteiger partial charge >= 0.3 is 0 Å². The van der Waals surface area contributed by atoms with Crippen molar-refractivity contribution in [3.8, 4) is 5.75 Å². The van der Waals surface area contributed by atoms with Crippen molar-refractivity contribution in [2.75, 3.05) is 12.4 Å². The van der Waals surface area contributed by atoms with Crippen molar-refractivity contribution in [1.82, 2.24) is 4.98 Å². The van der Waals surface area contributed by atoms with E-state index in [1.807, 2.05) is 30.3 Å². The smallest absolute Gasteiger partial charge is 0.263 e. The number of methoxy groups -OCH3 is 1. The fourth-order valence-electron chi connectivity index (χ4n) is 2.30. The summed E-state index contributed by atoms with van der Waals surface area (Å²) in [4.78, 5) is 4.52. The van der Waals surface area contributed by atoms with E-state index in [1.165, 1.54) is 12.1 Å². The second-order valence-corrected chi connectivity index (χ2v) is 5.15. The number of rotatable bonds is 5. The monoisotopic (exact) mass is 314 g/mol. The van der Waals surface area contributed by atoms with Gasteiger partial charge in [0.15, 0.2) is 0 Å². The quantitative estimate of drug-likeness (QED) is 0.735. The Morgan fingerprint density at radius 3 is 2.52 bits per heavy atom. The van der Waals surface area contributed by atoms with Gasteiger partial charge in [-0.3, -0.25) is 0 Å². The van der Waals surface area contributed by atoms with E-state index in [0.29, 0.717) is 6.54 Å². The first-order chi connectivity index (χ1) is 11.2. The van der Waals surface area contributed by atoms with Crippen LogP contribution in [0.25, 0.3) is 10.9 Å². The van der Waals surface area contributed by atoms with Crippen molar-refractivity contribution in [2.45, 2.75) is 13.0 Å². The molecule has 3 nitrogen and oxygen atoms in total. The third-order valence-electron chi connectivity index (χ3n) is 3.60. The van der Waals surface area contributed by atoms with Gasteiger partial charge in [0, 0.05) is 17.5 Å². The average molecular weight is 314 g/mol. The van der Waals surface area contributed by atoms with E-state index in [2.05, 4.69) is 10.3 Å². The molecule has 0 amide bonds. The van der Waals surface area contributed by atoms with Gasteiger partial charge in [-0.25, -0.2) is 13.8 Å². The Balaban J connectivity index is 1.71. The van der Waals surface area contributed by atoms with Gasteiger partial charge in [-0.15, -0.1) is 0 Å². The second kappa shape index (κ2) is 6.60. The van der Waals surface area contributed by atoms with Crippen LogP contribution in [0.1, 0.15) is 17.6 Å². The van der Waals surface area contributed by atoms with Gasteiger partial charge in [-0.05, 0) is 35.9 Å².